The summed E-state index contributed by atoms with van der Waals surface area (Å²) in [5.74, 6) is -0.272. The molecular formula is C19H18N4O2. The van der Waals surface area contributed by atoms with Gasteiger partial charge < -0.3 is 10.6 Å². The molecule has 6 heteroatoms. The quantitative estimate of drug-likeness (QED) is 0.685. The summed E-state index contributed by atoms with van der Waals surface area (Å²) in [5, 5.41) is 13.6. The highest BCUT2D eigenvalue weighted by Gasteiger charge is 2.26. The summed E-state index contributed by atoms with van der Waals surface area (Å²) in [6.07, 6.45) is 3.25. The summed E-state index contributed by atoms with van der Waals surface area (Å²) in [5.41, 5.74) is 3.60. The maximum absolute atomic E-state index is 12.2. The number of carbonyl (C=O) groups is 2. The van der Waals surface area contributed by atoms with E-state index in [2.05, 4.69) is 20.8 Å². The van der Waals surface area contributed by atoms with Crippen LogP contribution in [0.1, 0.15) is 18.4 Å². The smallest absolute Gasteiger partial charge is 0.227 e. The van der Waals surface area contributed by atoms with Crippen LogP contribution >= 0.6 is 0 Å². The SMILES string of the molecule is O=C(CC[C@@H]1Cc2ccccc2NC1=O)Nc1ccc2cn[nH]c2c1. The zero-order valence-electron chi connectivity index (χ0n) is 13.6. The molecule has 0 spiro atoms. The third kappa shape index (κ3) is 3.24. The van der Waals surface area contributed by atoms with Crippen LogP contribution in [0.2, 0.25) is 0 Å². The number of benzene rings is 2. The Balaban J connectivity index is 1.36. The Hall–Kier alpha value is -3.15. The van der Waals surface area contributed by atoms with Crippen molar-refractivity contribution in [2.24, 2.45) is 5.92 Å². The molecule has 0 saturated heterocycles. The van der Waals surface area contributed by atoms with Gasteiger partial charge in [-0.2, -0.15) is 5.10 Å². The first-order valence-electron chi connectivity index (χ1n) is 8.31. The average molecular weight is 334 g/mol. The lowest BCUT2D eigenvalue weighted by molar-refractivity contribution is -0.121. The van der Waals surface area contributed by atoms with Gasteiger partial charge in [-0.1, -0.05) is 18.2 Å². The molecule has 25 heavy (non-hydrogen) atoms. The van der Waals surface area contributed by atoms with Crippen molar-refractivity contribution < 1.29 is 9.59 Å². The summed E-state index contributed by atoms with van der Waals surface area (Å²) in [6.45, 7) is 0. The fourth-order valence-electron chi connectivity index (χ4n) is 3.19. The number of aromatic amines is 1. The molecule has 0 aliphatic carbocycles. The molecule has 3 aromatic rings. The van der Waals surface area contributed by atoms with Gasteiger partial charge in [0.15, 0.2) is 0 Å². The van der Waals surface area contributed by atoms with Crippen molar-refractivity contribution in [1.82, 2.24) is 10.2 Å². The van der Waals surface area contributed by atoms with Gasteiger partial charge in [0, 0.05) is 29.1 Å². The minimum atomic E-state index is -0.171. The molecule has 0 radical (unpaired) electrons. The van der Waals surface area contributed by atoms with Crippen LogP contribution < -0.4 is 10.6 Å². The van der Waals surface area contributed by atoms with Gasteiger partial charge >= 0.3 is 0 Å². The molecule has 2 heterocycles. The van der Waals surface area contributed by atoms with Crippen molar-refractivity contribution in [3.05, 3.63) is 54.2 Å². The van der Waals surface area contributed by atoms with Crippen LogP contribution in [0.4, 0.5) is 11.4 Å². The van der Waals surface area contributed by atoms with Crippen molar-refractivity contribution in [2.75, 3.05) is 10.6 Å². The van der Waals surface area contributed by atoms with Crippen LogP contribution in [-0.4, -0.2) is 22.0 Å². The summed E-state index contributed by atoms with van der Waals surface area (Å²) in [4.78, 5) is 24.4. The molecule has 0 saturated carbocycles. The van der Waals surface area contributed by atoms with Gasteiger partial charge in [-0.25, -0.2) is 0 Å². The number of anilines is 2. The van der Waals surface area contributed by atoms with E-state index in [4.69, 9.17) is 0 Å². The Kier molecular flexibility index (Phi) is 3.93. The van der Waals surface area contributed by atoms with Crippen molar-refractivity contribution >= 4 is 34.1 Å². The molecule has 1 aliphatic rings. The number of amides is 2. The zero-order chi connectivity index (χ0) is 17.2. The van der Waals surface area contributed by atoms with E-state index in [1.807, 2.05) is 42.5 Å². The van der Waals surface area contributed by atoms with Crippen molar-refractivity contribution in [2.45, 2.75) is 19.3 Å². The summed E-state index contributed by atoms with van der Waals surface area (Å²) < 4.78 is 0. The van der Waals surface area contributed by atoms with Crippen molar-refractivity contribution in [3.63, 3.8) is 0 Å². The fraction of sp³-hybridized carbons (Fsp3) is 0.211. The predicted octanol–water partition coefficient (Wildman–Crippen LogP) is 3.09. The lowest BCUT2D eigenvalue weighted by Gasteiger charge is -2.24. The highest BCUT2D eigenvalue weighted by molar-refractivity contribution is 5.97. The highest BCUT2D eigenvalue weighted by atomic mass is 16.2. The molecule has 0 fully saturated rings. The van der Waals surface area contributed by atoms with E-state index >= 15 is 0 Å². The number of hydrogen-bond acceptors (Lipinski definition) is 3. The molecule has 2 aromatic carbocycles. The second-order valence-corrected chi connectivity index (χ2v) is 6.31. The Morgan fingerprint density at radius 2 is 2.12 bits per heavy atom. The van der Waals surface area contributed by atoms with Crippen molar-refractivity contribution in [3.8, 4) is 0 Å². The number of para-hydroxylation sites is 1. The zero-order valence-corrected chi connectivity index (χ0v) is 13.6. The van der Waals surface area contributed by atoms with Crippen LogP contribution in [0.25, 0.3) is 10.9 Å². The van der Waals surface area contributed by atoms with Gasteiger partial charge in [0.2, 0.25) is 11.8 Å². The maximum atomic E-state index is 12.2. The average Bonchev–Trinajstić information content (AvgIpc) is 3.07. The molecule has 1 aliphatic heterocycles. The molecule has 4 rings (SSSR count). The second kappa shape index (κ2) is 6.39. The normalized spacial score (nSPS) is 16.3. The number of carbonyl (C=O) groups excluding carboxylic acids is 2. The Bertz CT molecular complexity index is 947. The second-order valence-electron chi connectivity index (χ2n) is 6.31. The van der Waals surface area contributed by atoms with Gasteiger partial charge in [-0.05, 0) is 42.7 Å². The van der Waals surface area contributed by atoms with E-state index in [9.17, 15) is 9.59 Å². The minimum Gasteiger partial charge on any atom is -0.326 e. The molecule has 1 atom stereocenters. The van der Waals surface area contributed by atoms with Crippen LogP contribution in [0.3, 0.4) is 0 Å². The number of H-pyrrole nitrogens is 1. The van der Waals surface area contributed by atoms with Gasteiger partial charge in [0.25, 0.3) is 0 Å². The first kappa shape index (κ1) is 15.4. The number of hydrogen-bond donors (Lipinski definition) is 3. The number of aromatic nitrogens is 2. The topological polar surface area (TPSA) is 86.9 Å². The molecule has 0 unspecified atom stereocenters. The monoisotopic (exact) mass is 334 g/mol. The molecular weight excluding hydrogens is 316 g/mol. The highest BCUT2D eigenvalue weighted by Crippen LogP contribution is 2.27. The molecule has 2 amide bonds. The number of rotatable bonds is 4. The number of nitrogens with one attached hydrogen (secondary N) is 3. The van der Waals surface area contributed by atoms with Crippen molar-refractivity contribution in [1.29, 1.82) is 0 Å². The van der Waals surface area contributed by atoms with E-state index in [1.165, 1.54) is 0 Å². The van der Waals surface area contributed by atoms with E-state index in [1.54, 1.807) is 6.20 Å². The standard InChI is InChI=1S/C19H18N4O2/c24-18(21-15-7-5-14-11-20-23-17(14)10-15)8-6-13-9-12-3-1-2-4-16(12)22-19(13)25/h1-5,7,10-11,13H,6,8-9H2,(H,20,23)(H,21,24)(H,22,25)/t13-/m1/s1. The lowest BCUT2D eigenvalue weighted by Crippen LogP contribution is -2.30. The predicted molar refractivity (Wildman–Crippen MR) is 96.2 cm³/mol. The van der Waals surface area contributed by atoms with E-state index in [-0.39, 0.29) is 17.7 Å². The fourth-order valence-corrected chi connectivity index (χ4v) is 3.19. The van der Waals surface area contributed by atoms with E-state index in [0.29, 0.717) is 19.3 Å². The Morgan fingerprint density at radius 3 is 3.04 bits per heavy atom. The van der Waals surface area contributed by atoms with Gasteiger partial charge in [0.1, 0.15) is 0 Å². The first-order chi connectivity index (χ1) is 12.2. The van der Waals surface area contributed by atoms with Crippen LogP contribution in [0, 0.1) is 5.92 Å². The van der Waals surface area contributed by atoms with Crippen LogP contribution in [0.15, 0.2) is 48.7 Å². The Labute approximate surface area is 144 Å². The third-order valence-electron chi connectivity index (χ3n) is 4.56. The van der Waals surface area contributed by atoms with Gasteiger partial charge in [-0.3, -0.25) is 14.7 Å². The maximum Gasteiger partial charge on any atom is 0.227 e. The molecule has 3 N–H and O–H groups in total. The summed E-state index contributed by atoms with van der Waals surface area (Å²) >= 11 is 0. The van der Waals surface area contributed by atoms with E-state index < -0.39 is 0 Å². The minimum absolute atomic E-state index is 0.00891. The summed E-state index contributed by atoms with van der Waals surface area (Å²) in [6, 6.07) is 13.4. The lowest BCUT2D eigenvalue weighted by atomic mass is 9.89. The van der Waals surface area contributed by atoms with E-state index in [0.717, 1.165) is 27.8 Å². The van der Waals surface area contributed by atoms with Gasteiger partial charge in [-0.15, -0.1) is 0 Å². The first-order valence-corrected chi connectivity index (χ1v) is 8.31. The number of nitrogens with zero attached hydrogens (tertiary/aromatic N) is 1. The summed E-state index contributed by atoms with van der Waals surface area (Å²) in [7, 11) is 0. The molecule has 0 bridgehead atoms. The Morgan fingerprint density at radius 1 is 1.24 bits per heavy atom. The largest absolute Gasteiger partial charge is 0.326 e. The molecule has 126 valence electrons. The third-order valence-corrected chi connectivity index (χ3v) is 4.56. The van der Waals surface area contributed by atoms with Crippen LogP contribution in [-0.2, 0) is 16.0 Å². The van der Waals surface area contributed by atoms with Crippen LogP contribution in [0.5, 0.6) is 0 Å². The molecule has 6 nitrogen and oxygen atoms in total. The van der Waals surface area contributed by atoms with Gasteiger partial charge in [0.05, 0.1) is 11.7 Å². The molecule has 1 aromatic heterocycles. The number of fused-ring (bicyclic) bond motifs is 2.